The summed E-state index contributed by atoms with van der Waals surface area (Å²) in [7, 11) is 0. The molecule has 1 aliphatic rings. The van der Waals surface area contributed by atoms with Crippen LogP contribution in [0.2, 0.25) is 0 Å². The van der Waals surface area contributed by atoms with Gasteiger partial charge in [0.2, 0.25) is 5.91 Å². The van der Waals surface area contributed by atoms with Gasteiger partial charge in [-0.1, -0.05) is 122 Å². The first-order chi connectivity index (χ1) is 21.8. The number of carbonyl (C=O) groups excluding carboxylic acids is 1. The van der Waals surface area contributed by atoms with Crippen LogP contribution in [0.3, 0.4) is 0 Å². The molecule has 10 heteroatoms. The molecule has 1 rings (SSSR count). The number of aliphatic hydroxyl groups is 6. The van der Waals surface area contributed by atoms with E-state index >= 15 is 0 Å². The van der Waals surface area contributed by atoms with Gasteiger partial charge in [-0.3, -0.25) is 4.79 Å². The Kier molecular flexibility index (Phi) is 24.7. The second-order valence-corrected chi connectivity index (χ2v) is 12.4. The van der Waals surface area contributed by atoms with Crippen LogP contribution in [-0.2, 0) is 14.3 Å². The summed E-state index contributed by atoms with van der Waals surface area (Å²) in [5.41, 5.74) is 0. The fourth-order valence-electron chi connectivity index (χ4n) is 5.35. The lowest BCUT2D eigenvalue weighted by molar-refractivity contribution is -0.302. The van der Waals surface area contributed by atoms with E-state index < -0.39 is 61.5 Å². The molecular formula is C35H65NO9. The van der Waals surface area contributed by atoms with E-state index in [4.69, 9.17) is 9.47 Å². The van der Waals surface area contributed by atoms with Gasteiger partial charge in [-0.15, -0.1) is 0 Å². The molecule has 0 spiro atoms. The Labute approximate surface area is 271 Å². The highest BCUT2D eigenvalue weighted by atomic mass is 16.7. The van der Waals surface area contributed by atoms with Crippen LogP contribution in [0, 0.1) is 0 Å². The summed E-state index contributed by atoms with van der Waals surface area (Å²) in [5, 5.41) is 63.9. The van der Waals surface area contributed by atoms with Gasteiger partial charge in [0.25, 0.3) is 0 Å². The average Bonchev–Trinajstić information content (AvgIpc) is 3.04. The normalized spacial score (nSPS) is 24.3. The number of ether oxygens (including phenoxy) is 2. The number of hydrogen-bond donors (Lipinski definition) is 7. The molecule has 0 radical (unpaired) electrons. The van der Waals surface area contributed by atoms with E-state index in [-0.39, 0.29) is 6.61 Å². The highest BCUT2D eigenvalue weighted by Gasteiger charge is 2.44. The molecule has 7 N–H and O–H groups in total. The van der Waals surface area contributed by atoms with Crippen LogP contribution in [0.25, 0.3) is 0 Å². The van der Waals surface area contributed by atoms with Crippen molar-refractivity contribution in [3.8, 4) is 0 Å². The molecule has 0 aromatic rings. The summed E-state index contributed by atoms with van der Waals surface area (Å²) in [5.74, 6) is -0.633. The SMILES string of the molecule is CCCCCCC/C=C/CC/C=C/C(O)C(COC1OC(CO)C(O)C(O)C1O)NC(=O)C(O)CCCCCCCCCCC. The Morgan fingerprint density at radius 2 is 1.31 bits per heavy atom. The molecule has 0 saturated carbocycles. The summed E-state index contributed by atoms with van der Waals surface area (Å²) in [6.45, 7) is 3.49. The molecule has 1 saturated heterocycles. The largest absolute Gasteiger partial charge is 0.394 e. The van der Waals surface area contributed by atoms with Crippen molar-refractivity contribution in [1.29, 1.82) is 0 Å². The second-order valence-electron chi connectivity index (χ2n) is 12.4. The Morgan fingerprint density at radius 1 is 0.756 bits per heavy atom. The number of unbranched alkanes of at least 4 members (excludes halogenated alkanes) is 14. The van der Waals surface area contributed by atoms with Gasteiger partial charge in [-0.25, -0.2) is 0 Å². The lowest BCUT2D eigenvalue weighted by Crippen LogP contribution is -2.60. The topological polar surface area (TPSA) is 169 Å². The van der Waals surface area contributed by atoms with Gasteiger partial charge in [-0.05, 0) is 32.1 Å². The predicted octanol–water partition coefficient (Wildman–Crippen LogP) is 4.18. The van der Waals surface area contributed by atoms with Crippen molar-refractivity contribution in [3.05, 3.63) is 24.3 Å². The number of aliphatic hydroxyl groups excluding tert-OH is 6. The molecule has 0 aliphatic carbocycles. The zero-order valence-corrected chi connectivity index (χ0v) is 28.0. The van der Waals surface area contributed by atoms with E-state index in [1.807, 2.05) is 6.08 Å². The van der Waals surface area contributed by atoms with Crippen LogP contribution >= 0.6 is 0 Å². The number of amides is 1. The first kappa shape index (κ1) is 41.7. The molecule has 45 heavy (non-hydrogen) atoms. The van der Waals surface area contributed by atoms with Crippen LogP contribution in [0.1, 0.15) is 129 Å². The Hall–Kier alpha value is -1.37. The number of hydrogen-bond acceptors (Lipinski definition) is 9. The Morgan fingerprint density at radius 3 is 1.93 bits per heavy atom. The molecule has 1 fully saturated rings. The van der Waals surface area contributed by atoms with Crippen molar-refractivity contribution >= 4 is 5.91 Å². The van der Waals surface area contributed by atoms with Gasteiger partial charge in [0.15, 0.2) is 6.29 Å². The smallest absolute Gasteiger partial charge is 0.249 e. The van der Waals surface area contributed by atoms with Crippen molar-refractivity contribution in [2.45, 2.75) is 178 Å². The number of allylic oxidation sites excluding steroid dienone is 3. The summed E-state index contributed by atoms with van der Waals surface area (Å²) >= 11 is 0. The standard InChI is InChI=1S/C35H65NO9/c1-3-5-7-9-11-13-14-16-17-19-21-23-28(38)27(26-44-35-33(42)32(41)31(40)30(25-37)45-35)36-34(43)29(39)24-22-20-18-15-12-10-8-6-4-2/h14,16,21,23,27-33,35,37-42H,3-13,15,17-20,22,24-26H2,1-2H3,(H,36,43)/b16-14+,23-21+. The number of carbonyl (C=O) groups is 1. The van der Waals surface area contributed by atoms with Crippen LogP contribution < -0.4 is 5.32 Å². The minimum Gasteiger partial charge on any atom is -0.394 e. The maximum Gasteiger partial charge on any atom is 0.249 e. The molecule has 10 nitrogen and oxygen atoms in total. The van der Waals surface area contributed by atoms with Gasteiger partial charge >= 0.3 is 0 Å². The summed E-state index contributed by atoms with van der Waals surface area (Å²) in [6, 6.07) is -0.988. The van der Waals surface area contributed by atoms with Crippen molar-refractivity contribution in [3.63, 3.8) is 0 Å². The third kappa shape index (κ3) is 18.5. The quantitative estimate of drug-likeness (QED) is 0.0513. The third-order valence-corrected chi connectivity index (χ3v) is 8.39. The van der Waals surface area contributed by atoms with Crippen LogP contribution in [0.5, 0.6) is 0 Å². The van der Waals surface area contributed by atoms with Crippen LogP contribution in [-0.4, -0.2) is 98.7 Å². The summed E-state index contributed by atoms with van der Waals surface area (Å²) < 4.78 is 11.0. The van der Waals surface area contributed by atoms with Gasteiger partial charge in [-0.2, -0.15) is 0 Å². The molecule has 0 aromatic carbocycles. The van der Waals surface area contributed by atoms with E-state index in [1.54, 1.807) is 6.08 Å². The van der Waals surface area contributed by atoms with E-state index in [0.717, 1.165) is 32.1 Å². The maximum absolute atomic E-state index is 12.8. The number of rotatable bonds is 27. The van der Waals surface area contributed by atoms with Gasteiger partial charge < -0.3 is 45.4 Å². The highest BCUT2D eigenvalue weighted by molar-refractivity contribution is 5.80. The van der Waals surface area contributed by atoms with Crippen LogP contribution in [0.15, 0.2) is 24.3 Å². The third-order valence-electron chi connectivity index (χ3n) is 8.39. The molecule has 1 heterocycles. The van der Waals surface area contributed by atoms with Gasteiger partial charge in [0.1, 0.15) is 30.5 Å². The molecule has 1 amide bonds. The Balaban J connectivity index is 2.62. The zero-order chi connectivity index (χ0) is 33.3. The van der Waals surface area contributed by atoms with E-state index in [1.165, 1.54) is 64.2 Å². The van der Waals surface area contributed by atoms with Crippen molar-refractivity contribution in [1.82, 2.24) is 5.32 Å². The fourth-order valence-corrected chi connectivity index (χ4v) is 5.35. The maximum atomic E-state index is 12.8. The zero-order valence-electron chi connectivity index (χ0n) is 28.0. The molecule has 1 aliphatic heterocycles. The molecular weight excluding hydrogens is 578 g/mol. The van der Waals surface area contributed by atoms with Gasteiger partial charge in [0.05, 0.1) is 25.4 Å². The minimum absolute atomic E-state index is 0.304. The fraction of sp³-hybridized carbons (Fsp3) is 0.857. The van der Waals surface area contributed by atoms with E-state index in [9.17, 15) is 35.4 Å². The predicted molar refractivity (Wildman–Crippen MR) is 176 cm³/mol. The Bertz CT molecular complexity index is 778. The summed E-state index contributed by atoms with van der Waals surface area (Å²) in [6.07, 6.45) is 17.2. The molecule has 0 aromatic heterocycles. The minimum atomic E-state index is -1.61. The molecule has 8 atom stereocenters. The van der Waals surface area contributed by atoms with Crippen molar-refractivity contribution in [2.75, 3.05) is 13.2 Å². The lowest BCUT2D eigenvalue weighted by atomic mass is 9.99. The van der Waals surface area contributed by atoms with Crippen LogP contribution in [0.4, 0.5) is 0 Å². The van der Waals surface area contributed by atoms with Crippen molar-refractivity contribution < 1.29 is 44.9 Å². The first-order valence-electron chi connectivity index (χ1n) is 17.7. The molecule has 8 unspecified atom stereocenters. The van der Waals surface area contributed by atoms with Gasteiger partial charge in [0, 0.05) is 0 Å². The average molecular weight is 644 g/mol. The lowest BCUT2D eigenvalue weighted by Gasteiger charge is -2.40. The second kappa shape index (κ2) is 26.7. The first-order valence-corrected chi connectivity index (χ1v) is 17.7. The monoisotopic (exact) mass is 643 g/mol. The van der Waals surface area contributed by atoms with E-state index in [2.05, 4.69) is 31.3 Å². The number of nitrogens with one attached hydrogen (secondary N) is 1. The molecule has 264 valence electrons. The van der Waals surface area contributed by atoms with E-state index in [0.29, 0.717) is 19.3 Å². The molecule has 0 bridgehead atoms. The summed E-state index contributed by atoms with van der Waals surface area (Å²) in [4.78, 5) is 12.8. The highest BCUT2D eigenvalue weighted by Crippen LogP contribution is 2.22. The van der Waals surface area contributed by atoms with Crippen molar-refractivity contribution in [2.24, 2.45) is 0 Å².